The van der Waals surface area contributed by atoms with Gasteiger partial charge in [0.15, 0.2) is 0 Å². The maximum Gasteiger partial charge on any atom is 0.433 e. The zero-order valence-electron chi connectivity index (χ0n) is 24.6. The number of hydrogen-bond acceptors (Lipinski definition) is 5. The number of alkyl halides is 9. The molecule has 1 saturated heterocycles. The van der Waals surface area contributed by atoms with E-state index in [1.165, 1.54) is 16.8 Å². The Balaban J connectivity index is 0.000000514. The van der Waals surface area contributed by atoms with Crippen molar-refractivity contribution in [1.82, 2.24) is 14.6 Å². The highest BCUT2D eigenvalue weighted by Gasteiger charge is 2.42. The Bertz CT molecular complexity index is 1220. The largest absolute Gasteiger partial charge is 0.444 e. The summed E-state index contributed by atoms with van der Waals surface area (Å²) >= 11 is 6.52. The molecule has 16 heteroatoms. The van der Waals surface area contributed by atoms with Crippen LogP contribution in [-0.2, 0) is 23.3 Å². The van der Waals surface area contributed by atoms with Gasteiger partial charge in [-0.25, -0.2) is 4.79 Å². The van der Waals surface area contributed by atoms with E-state index in [4.69, 9.17) is 16.3 Å². The van der Waals surface area contributed by atoms with Gasteiger partial charge < -0.3 is 9.64 Å². The highest BCUT2D eigenvalue weighted by atomic mass is 35.5. The summed E-state index contributed by atoms with van der Waals surface area (Å²) < 4.78 is 124. The van der Waals surface area contributed by atoms with Crippen LogP contribution < -0.4 is 4.72 Å². The minimum Gasteiger partial charge on any atom is -0.444 e. The van der Waals surface area contributed by atoms with E-state index >= 15 is 0 Å². The number of benzene rings is 1. The van der Waals surface area contributed by atoms with Gasteiger partial charge >= 0.3 is 24.6 Å². The number of nitrogens with one attached hydrogen (secondary N) is 1. The molecule has 0 aliphatic carbocycles. The van der Waals surface area contributed by atoms with Gasteiger partial charge in [-0.15, -0.1) is 0 Å². The molecular formula is C28H33ClF9N3O2S. The SMILES string of the molecule is CC(C)(C)OC(=O)N1CCCC1C(NSC(C)(C)C)c1cc(C(F)(F)F)cc(C(F)(F)F)c1.FC(F)(F)c1ccc(Cl)cn1. The number of carbonyl (C=O) groups is 1. The Hall–Kier alpha value is -2.39. The van der Waals surface area contributed by atoms with Crippen LogP contribution in [0, 0.1) is 0 Å². The van der Waals surface area contributed by atoms with Crippen LogP contribution in [0.25, 0.3) is 0 Å². The van der Waals surface area contributed by atoms with E-state index in [9.17, 15) is 44.3 Å². The minimum absolute atomic E-state index is 0.109. The highest BCUT2D eigenvalue weighted by Crippen LogP contribution is 2.41. The minimum atomic E-state index is -4.96. The molecule has 248 valence electrons. The Kier molecular flexibility index (Phi) is 12.0. The first kappa shape index (κ1) is 37.8. The molecule has 2 aromatic rings. The molecule has 0 spiro atoms. The molecule has 2 atom stereocenters. The number of likely N-dealkylation sites (tertiary alicyclic amines) is 1. The Morgan fingerprint density at radius 2 is 1.48 bits per heavy atom. The van der Waals surface area contributed by atoms with E-state index in [0.717, 1.165) is 30.5 Å². The Morgan fingerprint density at radius 3 is 1.89 bits per heavy atom. The number of rotatable bonds is 4. The zero-order valence-corrected chi connectivity index (χ0v) is 26.2. The predicted octanol–water partition coefficient (Wildman–Crippen LogP) is 9.95. The third-order valence-corrected chi connectivity index (χ3v) is 7.00. The Morgan fingerprint density at radius 1 is 0.932 bits per heavy atom. The lowest BCUT2D eigenvalue weighted by Gasteiger charge is -2.35. The maximum absolute atomic E-state index is 13.5. The van der Waals surface area contributed by atoms with Crippen LogP contribution in [0.15, 0.2) is 36.5 Å². The van der Waals surface area contributed by atoms with Crippen molar-refractivity contribution in [2.45, 2.75) is 95.3 Å². The second-order valence-corrected chi connectivity index (χ2v) is 14.0. The number of nitrogens with zero attached hydrogens (tertiary/aromatic N) is 2. The molecular weight excluding hydrogens is 649 g/mol. The first-order valence-electron chi connectivity index (χ1n) is 13.2. The molecule has 3 rings (SSSR count). The van der Waals surface area contributed by atoms with Crippen LogP contribution in [0.3, 0.4) is 0 Å². The van der Waals surface area contributed by atoms with E-state index in [-0.39, 0.29) is 21.4 Å². The molecule has 1 aromatic heterocycles. The van der Waals surface area contributed by atoms with Gasteiger partial charge in [-0.1, -0.05) is 23.5 Å². The normalized spacial score (nSPS) is 17.2. The standard InChI is InChI=1S/C22H30F6N2O2S.C6H3ClF3N/c1-19(2,3)32-18(31)30-9-7-8-16(30)17(29-33-20(4,5)6)13-10-14(21(23,24)25)12-15(11-13)22(26,27)28;7-4-1-2-5(11-3-4)6(8,9)10/h10-12,16-17,29H,7-9H2,1-6H3;1-3H. The summed E-state index contributed by atoms with van der Waals surface area (Å²) in [5.41, 5.74) is -4.69. The summed E-state index contributed by atoms with van der Waals surface area (Å²) in [6, 6.07) is 1.88. The van der Waals surface area contributed by atoms with Crippen molar-refractivity contribution in [3.05, 3.63) is 63.9 Å². The molecule has 1 aromatic carbocycles. The van der Waals surface area contributed by atoms with Crippen LogP contribution in [-0.4, -0.2) is 38.9 Å². The molecule has 1 aliphatic rings. The van der Waals surface area contributed by atoms with Gasteiger partial charge in [-0.05, 0) is 90.3 Å². The molecule has 0 bridgehead atoms. The molecule has 1 N–H and O–H groups in total. The fourth-order valence-electron chi connectivity index (χ4n) is 4.00. The highest BCUT2D eigenvalue weighted by molar-refractivity contribution is 7.98. The summed E-state index contributed by atoms with van der Waals surface area (Å²) in [6.45, 7) is 10.9. The molecule has 2 heterocycles. The molecule has 5 nitrogen and oxygen atoms in total. The van der Waals surface area contributed by atoms with Crippen molar-refractivity contribution in [3.63, 3.8) is 0 Å². The monoisotopic (exact) mass is 681 g/mol. The Labute approximate surface area is 259 Å². The van der Waals surface area contributed by atoms with Crippen LogP contribution >= 0.6 is 23.5 Å². The van der Waals surface area contributed by atoms with Gasteiger partial charge in [-0.2, -0.15) is 39.5 Å². The molecule has 0 saturated carbocycles. The lowest BCUT2D eigenvalue weighted by molar-refractivity contribution is -0.143. The molecule has 1 aliphatic heterocycles. The average molecular weight is 682 g/mol. The van der Waals surface area contributed by atoms with E-state index < -0.39 is 59.1 Å². The third-order valence-electron chi connectivity index (χ3n) is 5.79. The van der Waals surface area contributed by atoms with E-state index in [2.05, 4.69) is 9.71 Å². The average Bonchev–Trinajstić information content (AvgIpc) is 3.31. The number of halogens is 10. The number of ether oxygens (including phenoxy) is 1. The third kappa shape index (κ3) is 11.8. The van der Waals surface area contributed by atoms with Crippen LogP contribution in [0.1, 0.15) is 82.8 Å². The quantitative estimate of drug-likeness (QED) is 0.257. The van der Waals surface area contributed by atoms with Gasteiger partial charge in [0.05, 0.1) is 28.2 Å². The van der Waals surface area contributed by atoms with Crippen molar-refractivity contribution >= 4 is 29.6 Å². The summed E-state index contributed by atoms with van der Waals surface area (Å²) in [4.78, 5) is 17.3. The second-order valence-electron chi connectivity index (χ2n) is 11.9. The van der Waals surface area contributed by atoms with Crippen molar-refractivity contribution in [2.24, 2.45) is 0 Å². The fraction of sp³-hybridized carbons (Fsp3) is 0.571. The predicted molar refractivity (Wildman–Crippen MR) is 150 cm³/mol. The van der Waals surface area contributed by atoms with Crippen LogP contribution in [0.5, 0.6) is 0 Å². The molecule has 0 radical (unpaired) electrons. The topological polar surface area (TPSA) is 54.5 Å². The molecule has 44 heavy (non-hydrogen) atoms. The maximum atomic E-state index is 13.5. The summed E-state index contributed by atoms with van der Waals surface area (Å²) in [5, 5.41) is 0.193. The number of aromatic nitrogens is 1. The van der Waals surface area contributed by atoms with Crippen molar-refractivity contribution in [2.75, 3.05) is 6.54 Å². The first-order valence-corrected chi connectivity index (χ1v) is 14.4. The second kappa shape index (κ2) is 13.9. The van der Waals surface area contributed by atoms with Crippen molar-refractivity contribution < 1.29 is 49.0 Å². The molecule has 1 fully saturated rings. The molecule has 2 unspecified atom stereocenters. The smallest absolute Gasteiger partial charge is 0.433 e. The van der Waals surface area contributed by atoms with Gasteiger partial charge in [0, 0.05) is 17.5 Å². The number of pyridine rings is 1. The summed E-state index contributed by atoms with van der Waals surface area (Å²) in [6.07, 6.45) is -13.0. The van der Waals surface area contributed by atoms with Gasteiger partial charge in [-0.3, -0.25) is 9.71 Å². The summed E-state index contributed by atoms with van der Waals surface area (Å²) in [5.74, 6) is 0. The zero-order chi connectivity index (χ0) is 33.9. The lowest BCUT2D eigenvalue weighted by atomic mass is 9.94. The van der Waals surface area contributed by atoms with Gasteiger partial charge in [0.1, 0.15) is 11.3 Å². The van der Waals surface area contributed by atoms with E-state index in [0.29, 0.717) is 19.4 Å². The lowest BCUT2D eigenvalue weighted by Crippen LogP contribution is -2.45. The van der Waals surface area contributed by atoms with Gasteiger partial charge in [0.2, 0.25) is 0 Å². The number of amides is 1. The van der Waals surface area contributed by atoms with Crippen molar-refractivity contribution in [1.29, 1.82) is 0 Å². The number of carbonyl (C=O) groups excluding carboxylic acids is 1. The molecule has 1 amide bonds. The van der Waals surface area contributed by atoms with Gasteiger partial charge in [0.25, 0.3) is 0 Å². The van der Waals surface area contributed by atoms with E-state index in [1.54, 1.807) is 20.8 Å². The van der Waals surface area contributed by atoms with Crippen molar-refractivity contribution in [3.8, 4) is 0 Å². The summed E-state index contributed by atoms with van der Waals surface area (Å²) in [7, 11) is 0. The number of hydrogen-bond donors (Lipinski definition) is 1. The van der Waals surface area contributed by atoms with E-state index in [1.807, 2.05) is 20.8 Å². The van der Waals surface area contributed by atoms with Crippen LogP contribution in [0.4, 0.5) is 44.3 Å². The fourth-order valence-corrected chi connectivity index (χ4v) is 4.88. The first-order chi connectivity index (χ1) is 19.8. The van der Waals surface area contributed by atoms with Crippen LogP contribution in [0.2, 0.25) is 5.02 Å².